The number of benzene rings is 11. The standard InChI is InChI=1S/C61H40O/c1-61(2)54-34-33-39(36-53(54)58-46-20-5-3-17-43(46)44-18-4-10-25-51(44)59(58)61)37-29-31-38(32-30-37)56-47-21-6-8-23-49(47)57(50-24-9-7-22-48(50)56)41-16-13-15-40(35-41)42-26-14-27-52-45-19-11-12-28-55(45)62-60(42)52/h3-36H,1-2H3. The van der Waals surface area contributed by atoms with Gasteiger partial charge in [0, 0.05) is 21.8 Å². The van der Waals surface area contributed by atoms with Gasteiger partial charge in [-0.3, -0.25) is 0 Å². The van der Waals surface area contributed by atoms with E-state index in [1.807, 2.05) is 6.07 Å². The molecule has 1 heteroatoms. The summed E-state index contributed by atoms with van der Waals surface area (Å²) in [6.45, 7) is 4.79. The van der Waals surface area contributed by atoms with Crippen LogP contribution in [0.4, 0.5) is 0 Å². The quantitative estimate of drug-likeness (QED) is 0.128. The molecule has 0 N–H and O–H groups in total. The van der Waals surface area contributed by atoms with E-state index in [9.17, 15) is 0 Å². The van der Waals surface area contributed by atoms with Crippen LogP contribution < -0.4 is 0 Å². The number of para-hydroxylation sites is 2. The van der Waals surface area contributed by atoms with Crippen LogP contribution in [0.1, 0.15) is 25.0 Å². The van der Waals surface area contributed by atoms with Gasteiger partial charge in [-0.25, -0.2) is 0 Å². The van der Waals surface area contributed by atoms with E-state index in [0.717, 1.165) is 33.1 Å². The van der Waals surface area contributed by atoms with Crippen molar-refractivity contribution in [2.24, 2.45) is 0 Å². The molecule has 12 aromatic rings. The molecule has 0 saturated carbocycles. The van der Waals surface area contributed by atoms with Gasteiger partial charge >= 0.3 is 0 Å². The third-order valence-electron chi connectivity index (χ3n) is 13.8. The van der Waals surface area contributed by atoms with E-state index < -0.39 is 0 Å². The number of rotatable bonds is 4. The van der Waals surface area contributed by atoms with Crippen molar-refractivity contribution in [2.45, 2.75) is 19.3 Å². The highest BCUT2D eigenvalue weighted by Gasteiger charge is 2.38. The Morgan fingerprint density at radius 2 is 0.790 bits per heavy atom. The van der Waals surface area contributed by atoms with Crippen molar-refractivity contribution >= 4 is 65.0 Å². The smallest absolute Gasteiger partial charge is 0.143 e. The predicted octanol–water partition coefficient (Wildman–Crippen LogP) is 17.2. The van der Waals surface area contributed by atoms with E-state index in [1.54, 1.807) is 0 Å². The highest BCUT2D eigenvalue weighted by atomic mass is 16.3. The van der Waals surface area contributed by atoms with Crippen LogP contribution in [0.5, 0.6) is 0 Å². The fourth-order valence-corrected chi connectivity index (χ4v) is 11.1. The molecule has 62 heavy (non-hydrogen) atoms. The summed E-state index contributed by atoms with van der Waals surface area (Å²) >= 11 is 0. The van der Waals surface area contributed by atoms with Gasteiger partial charge in [-0.1, -0.05) is 202 Å². The van der Waals surface area contributed by atoms with Gasteiger partial charge in [-0.05, 0) is 122 Å². The molecule has 0 spiro atoms. The molecule has 1 heterocycles. The van der Waals surface area contributed by atoms with Crippen LogP contribution in [0, 0.1) is 0 Å². The van der Waals surface area contributed by atoms with Crippen molar-refractivity contribution in [1.82, 2.24) is 0 Å². The van der Waals surface area contributed by atoms with Gasteiger partial charge in [0.1, 0.15) is 11.2 Å². The fourth-order valence-electron chi connectivity index (χ4n) is 11.1. The number of furan rings is 1. The number of fused-ring (bicyclic) bond motifs is 13. The van der Waals surface area contributed by atoms with Crippen molar-refractivity contribution in [3.63, 3.8) is 0 Å². The summed E-state index contributed by atoms with van der Waals surface area (Å²) in [7, 11) is 0. The Labute approximate surface area is 360 Å². The summed E-state index contributed by atoms with van der Waals surface area (Å²) < 4.78 is 6.50. The zero-order chi connectivity index (χ0) is 41.1. The van der Waals surface area contributed by atoms with E-state index >= 15 is 0 Å². The molecule has 0 bridgehead atoms. The first kappa shape index (κ1) is 35.1. The minimum Gasteiger partial charge on any atom is -0.455 e. The minimum atomic E-state index is -0.116. The molecule has 0 unspecified atom stereocenters. The van der Waals surface area contributed by atoms with Gasteiger partial charge in [0.05, 0.1) is 0 Å². The third-order valence-corrected chi connectivity index (χ3v) is 13.8. The molecule has 0 fully saturated rings. The Morgan fingerprint density at radius 1 is 0.306 bits per heavy atom. The second kappa shape index (κ2) is 13.1. The van der Waals surface area contributed by atoms with Crippen LogP contribution in [0.3, 0.4) is 0 Å². The fraction of sp³-hybridized carbons (Fsp3) is 0.0492. The molecule has 290 valence electrons. The molecule has 0 aliphatic heterocycles. The maximum Gasteiger partial charge on any atom is 0.143 e. The van der Waals surface area contributed by atoms with Gasteiger partial charge in [-0.15, -0.1) is 0 Å². The van der Waals surface area contributed by atoms with Gasteiger partial charge in [0.25, 0.3) is 0 Å². The third kappa shape index (κ3) is 4.97. The molecule has 1 nitrogen and oxygen atoms in total. The molecular weight excluding hydrogens is 749 g/mol. The normalized spacial score (nSPS) is 13.1. The molecule has 0 radical (unpaired) electrons. The maximum atomic E-state index is 6.50. The van der Waals surface area contributed by atoms with Crippen molar-refractivity contribution in [1.29, 1.82) is 0 Å². The molecule has 1 aromatic heterocycles. The Bertz CT molecular complexity index is 3770. The van der Waals surface area contributed by atoms with Crippen LogP contribution in [0.2, 0.25) is 0 Å². The van der Waals surface area contributed by atoms with Crippen LogP contribution in [0.25, 0.3) is 121 Å². The minimum absolute atomic E-state index is 0.116. The largest absolute Gasteiger partial charge is 0.455 e. The lowest BCUT2D eigenvalue weighted by atomic mass is 9.79. The predicted molar refractivity (Wildman–Crippen MR) is 263 cm³/mol. The van der Waals surface area contributed by atoms with Crippen molar-refractivity contribution in [3.05, 3.63) is 217 Å². The summed E-state index contributed by atoms with van der Waals surface area (Å²) in [5, 5.41) is 12.6. The summed E-state index contributed by atoms with van der Waals surface area (Å²) in [4.78, 5) is 0. The Morgan fingerprint density at radius 3 is 1.47 bits per heavy atom. The van der Waals surface area contributed by atoms with Gasteiger partial charge in [-0.2, -0.15) is 0 Å². The number of hydrogen-bond donors (Lipinski definition) is 0. The van der Waals surface area contributed by atoms with E-state index in [-0.39, 0.29) is 5.41 Å². The van der Waals surface area contributed by atoms with Crippen molar-refractivity contribution < 1.29 is 4.42 Å². The van der Waals surface area contributed by atoms with E-state index in [2.05, 4.69) is 214 Å². The zero-order valence-electron chi connectivity index (χ0n) is 34.5. The first-order valence-corrected chi connectivity index (χ1v) is 21.7. The van der Waals surface area contributed by atoms with Gasteiger partial charge < -0.3 is 4.42 Å². The molecule has 0 atom stereocenters. The van der Waals surface area contributed by atoms with Gasteiger partial charge in [0.15, 0.2) is 0 Å². The van der Waals surface area contributed by atoms with Crippen molar-refractivity contribution in [2.75, 3.05) is 0 Å². The molecule has 1 aliphatic rings. The summed E-state index contributed by atoms with van der Waals surface area (Å²) in [5.74, 6) is 0. The Hall–Kier alpha value is -7.74. The highest BCUT2D eigenvalue weighted by molar-refractivity contribution is 6.22. The lowest BCUT2D eigenvalue weighted by Gasteiger charge is -2.24. The summed E-state index contributed by atoms with van der Waals surface area (Å²) in [5.41, 5.74) is 16.9. The van der Waals surface area contributed by atoms with Crippen LogP contribution in [0.15, 0.2) is 211 Å². The first-order chi connectivity index (χ1) is 30.5. The summed E-state index contributed by atoms with van der Waals surface area (Å²) in [6, 6.07) is 76.0. The van der Waals surface area contributed by atoms with E-state index in [4.69, 9.17) is 4.42 Å². The number of hydrogen-bond acceptors (Lipinski definition) is 1. The molecule has 1 aliphatic carbocycles. The second-order valence-corrected chi connectivity index (χ2v) is 17.5. The highest BCUT2D eigenvalue weighted by Crippen LogP contribution is 2.55. The molecule has 13 rings (SSSR count). The first-order valence-electron chi connectivity index (χ1n) is 21.7. The summed E-state index contributed by atoms with van der Waals surface area (Å²) in [6.07, 6.45) is 0. The topological polar surface area (TPSA) is 13.1 Å². The molecule has 11 aromatic carbocycles. The van der Waals surface area contributed by atoms with Gasteiger partial charge in [0.2, 0.25) is 0 Å². The lowest BCUT2D eigenvalue weighted by molar-refractivity contribution is 0.666. The Balaban J connectivity index is 0.940. The monoisotopic (exact) mass is 788 g/mol. The lowest BCUT2D eigenvalue weighted by Crippen LogP contribution is -2.15. The second-order valence-electron chi connectivity index (χ2n) is 17.5. The van der Waals surface area contributed by atoms with E-state index in [1.165, 1.54) is 98.7 Å². The average Bonchev–Trinajstić information content (AvgIpc) is 3.83. The van der Waals surface area contributed by atoms with E-state index in [0.29, 0.717) is 0 Å². The van der Waals surface area contributed by atoms with Crippen LogP contribution >= 0.6 is 0 Å². The zero-order valence-corrected chi connectivity index (χ0v) is 34.5. The van der Waals surface area contributed by atoms with Crippen LogP contribution in [-0.2, 0) is 5.41 Å². The maximum absolute atomic E-state index is 6.50. The molecular formula is C61H40O. The van der Waals surface area contributed by atoms with Crippen molar-refractivity contribution in [3.8, 4) is 55.6 Å². The SMILES string of the molecule is CC1(C)c2ccc(-c3ccc(-c4c5ccccc5c(-c5cccc(-c6cccc7c6oc6ccccc67)c5)c5ccccc45)cc3)cc2-c2c1c1ccccc1c1ccccc21. The molecule has 0 saturated heterocycles. The molecule has 0 amide bonds. The van der Waals surface area contributed by atoms with Crippen LogP contribution in [-0.4, -0.2) is 0 Å². The Kier molecular flexibility index (Phi) is 7.42. The average molecular weight is 789 g/mol.